The Hall–Kier alpha value is -3.74. The Kier molecular flexibility index (Phi) is 5.18. The second kappa shape index (κ2) is 7.94. The Bertz CT molecular complexity index is 1060. The van der Waals surface area contributed by atoms with E-state index in [1.54, 1.807) is 13.0 Å². The Morgan fingerprint density at radius 2 is 1.77 bits per heavy atom. The first-order valence-corrected chi connectivity index (χ1v) is 9.51. The molecule has 1 aliphatic heterocycles. The fourth-order valence-corrected chi connectivity index (χ4v) is 3.70. The summed E-state index contributed by atoms with van der Waals surface area (Å²) in [7, 11) is 0. The van der Waals surface area contributed by atoms with Gasteiger partial charge in [0.25, 0.3) is 11.8 Å². The maximum Gasteiger partial charge on any atom is 0.290 e. The van der Waals surface area contributed by atoms with E-state index in [1.807, 2.05) is 30.3 Å². The standard InChI is InChI=1S/C23H19FN2O4/c1-15(16-6-3-2-4-7-16)25(23(29)20-8-5-13-30-20)19-14-21(27)26(22(19)28)18-11-9-17(24)10-12-18/h2-13,15,19H,14H2,1H3. The van der Waals surface area contributed by atoms with E-state index < -0.39 is 35.6 Å². The molecule has 0 spiro atoms. The number of carbonyl (C=O) groups excluding carboxylic acids is 3. The first kappa shape index (κ1) is 19.6. The highest BCUT2D eigenvalue weighted by molar-refractivity contribution is 6.23. The van der Waals surface area contributed by atoms with Crippen LogP contribution in [0.15, 0.2) is 77.4 Å². The van der Waals surface area contributed by atoms with Gasteiger partial charge in [0, 0.05) is 0 Å². The molecular weight excluding hydrogens is 387 g/mol. The van der Waals surface area contributed by atoms with Crippen LogP contribution < -0.4 is 4.90 Å². The molecule has 0 radical (unpaired) electrons. The number of carbonyl (C=O) groups is 3. The largest absolute Gasteiger partial charge is 0.459 e. The van der Waals surface area contributed by atoms with Crippen molar-refractivity contribution < 1.29 is 23.2 Å². The van der Waals surface area contributed by atoms with Crippen molar-refractivity contribution in [2.24, 2.45) is 0 Å². The van der Waals surface area contributed by atoms with Gasteiger partial charge < -0.3 is 9.32 Å². The first-order valence-electron chi connectivity index (χ1n) is 9.51. The Morgan fingerprint density at radius 1 is 1.07 bits per heavy atom. The van der Waals surface area contributed by atoms with E-state index in [-0.39, 0.29) is 17.9 Å². The van der Waals surface area contributed by atoms with Gasteiger partial charge in [0.1, 0.15) is 11.9 Å². The molecule has 0 aliphatic carbocycles. The summed E-state index contributed by atoms with van der Waals surface area (Å²) in [4.78, 5) is 41.6. The lowest BCUT2D eigenvalue weighted by molar-refractivity contribution is -0.123. The fourth-order valence-electron chi connectivity index (χ4n) is 3.70. The van der Waals surface area contributed by atoms with Crippen molar-refractivity contribution in [3.63, 3.8) is 0 Å². The molecule has 4 rings (SSSR count). The molecule has 1 aliphatic rings. The van der Waals surface area contributed by atoms with Crippen molar-refractivity contribution in [3.05, 3.63) is 90.1 Å². The van der Waals surface area contributed by atoms with Gasteiger partial charge in [-0.15, -0.1) is 0 Å². The summed E-state index contributed by atoms with van der Waals surface area (Å²) in [5.74, 6) is -1.85. The molecule has 0 saturated carbocycles. The number of nitrogens with zero attached hydrogens (tertiary/aromatic N) is 2. The van der Waals surface area contributed by atoms with E-state index in [9.17, 15) is 18.8 Å². The van der Waals surface area contributed by atoms with Crippen LogP contribution in [-0.2, 0) is 9.59 Å². The van der Waals surface area contributed by atoms with Gasteiger partial charge in [-0.2, -0.15) is 0 Å². The molecule has 1 saturated heterocycles. The normalized spacial score (nSPS) is 17.3. The minimum Gasteiger partial charge on any atom is -0.459 e. The molecule has 2 atom stereocenters. The van der Waals surface area contributed by atoms with Crippen molar-refractivity contribution in [3.8, 4) is 0 Å². The maximum absolute atomic E-state index is 13.3. The van der Waals surface area contributed by atoms with E-state index in [4.69, 9.17) is 4.42 Å². The van der Waals surface area contributed by atoms with Crippen LogP contribution in [0.3, 0.4) is 0 Å². The number of amides is 3. The van der Waals surface area contributed by atoms with Crippen LogP contribution in [0.25, 0.3) is 0 Å². The van der Waals surface area contributed by atoms with E-state index in [0.717, 1.165) is 10.5 Å². The number of halogens is 1. The van der Waals surface area contributed by atoms with Crippen LogP contribution in [0.1, 0.15) is 35.5 Å². The molecule has 0 N–H and O–H groups in total. The average Bonchev–Trinajstić information content (AvgIpc) is 3.39. The third kappa shape index (κ3) is 3.50. The van der Waals surface area contributed by atoms with Crippen LogP contribution in [0.2, 0.25) is 0 Å². The van der Waals surface area contributed by atoms with Crippen molar-refractivity contribution in [2.75, 3.05) is 4.90 Å². The predicted octanol–water partition coefficient (Wildman–Crippen LogP) is 3.95. The molecule has 2 aromatic carbocycles. The summed E-state index contributed by atoms with van der Waals surface area (Å²) in [5.41, 5.74) is 1.09. The number of imide groups is 1. The topological polar surface area (TPSA) is 70.8 Å². The van der Waals surface area contributed by atoms with Gasteiger partial charge in [0.2, 0.25) is 5.91 Å². The molecule has 2 heterocycles. The predicted molar refractivity (Wildman–Crippen MR) is 107 cm³/mol. The smallest absolute Gasteiger partial charge is 0.290 e. The SMILES string of the molecule is CC(c1ccccc1)N(C(=O)c1ccco1)C1CC(=O)N(c2ccc(F)cc2)C1=O. The summed E-state index contributed by atoms with van der Waals surface area (Å²) in [5, 5.41) is 0. The number of hydrogen-bond acceptors (Lipinski definition) is 4. The second-order valence-corrected chi connectivity index (χ2v) is 7.04. The fraction of sp³-hybridized carbons (Fsp3) is 0.174. The summed E-state index contributed by atoms with van der Waals surface area (Å²) in [6.07, 6.45) is 1.21. The van der Waals surface area contributed by atoms with Crippen molar-refractivity contribution in [1.29, 1.82) is 0 Å². The third-order valence-corrected chi connectivity index (χ3v) is 5.21. The Balaban J connectivity index is 1.71. The lowest BCUT2D eigenvalue weighted by atomic mass is 10.0. The van der Waals surface area contributed by atoms with Crippen LogP contribution in [0.4, 0.5) is 10.1 Å². The van der Waals surface area contributed by atoms with Crippen molar-refractivity contribution >= 4 is 23.4 Å². The van der Waals surface area contributed by atoms with Gasteiger partial charge in [0.15, 0.2) is 5.76 Å². The van der Waals surface area contributed by atoms with E-state index in [2.05, 4.69) is 0 Å². The number of furan rings is 1. The van der Waals surface area contributed by atoms with Gasteiger partial charge in [-0.1, -0.05) is 30.3 Å². The second-order valence-electron chi connectivity index (χ2n) is 7.04. The highest BCUT2D eigenvalue weighted by atomic mass is 19.1. The molecule has 3 amide bonds. The summed E-state index contributed by atoms with van der Waals surface area (Å²) >= 11 is 0. The highest BCUT2D eigenvalue weighted by Gasteiger charge is 2.46. The minimum absolute atomic E-state index is 0.0817. The zero-order valence-electron chi connectivity index (χ0n) is 16.2. The van der Waals surface area contributed by atoms with Crippen LogP contribution in [-0.4, -0.2) is 28.7 Å². The van der Waals surface area contributed by atoms with Crippen molar-refractivity contribution in [1.82, 2.24) is 4.90 Å². The molecule has 30 heavy (non-hydrogen) atoms. The minimum atomic E-state index is -1.00. The summed E-state index contributed by atoms with van der Waals surface area (Å²) in [6.45, 7) is 1.80. The molecule has 0 bridgehead atoms. The van der Waals surface area contributed by atoms with Crippen molar-refractivity contribution in [2.45, 2.75) is 25.4 Å². The van der Waals surface area contributed by atoms with E-state index in [0.29, 0.717) is 0 Å². The van der Waals surface area contributed by atoms with Gasteiger partial charge in [-0.3, -0.25) is 14.4 Å². The number of rotatable bonds is 5. The summed E-state index contributed by atoms with van der Waals surface area (Å²) < 4.78 is 18.5. The van der Waals surface area contributed by atoms with Crippen LogP contribution in [0, 0.1) is 5.82 Å². The molecule has 7 heteroatoms. The van der Waals surface area contributed by atoms with Gasteiger partial charge in [-0.05, 0) is 48.9 Å². The number of benzene rings is 2. The first-order chi connectivity index (χ1) is 14.5. The van der Waals surface area contributed by atoms with Crippen LogP contribution in [0.5, 0.6) is 0 Å². The molecule has 3 aromatic rings. The van der Waals surface area contributed by atoms with Gasteiger partial charge in [0.05, 0.1) is 24.4 Å². The molecule has 152 valence electrons. The number of hydrogen-bond donors (Lipinski definition) is 0. The van der Waals surface area contributed by atoms with Crippen LogP contribution >= 0.6 is 0 Å². The maximum atomic E-state index is 13.3. The van der Waals surface area contributed by atoms with E-state index >= 15 is 0 Å². The lowest BCUT2D eigenvalue weighted by Crippen LogP contribution is -2.46. The zero-order valence-corrected chi connectivity index (χ0v) is 16.2. The molecular formula is C23H19FN2O4. The quantitative estimate of drug-likeness (QED) is 0.602. The van der Waals surface area contributed by atoms with Gasteiger partial charge >= 0.3 is 0 Å². The molecule has 1 aromatic heterocycles. The Morgan fingerprint density at radius 3 is 2.40 bits per heavy atom. The highest BCUT2D eigenvalue weighted by Crippen LogP contribution is 2.32. The molecule has 1 fully saturated rings. The number of anilines is 1. The van der Waals surface area contributed by atoms with Gasteiger partial charge in [-0.25, -0.2) is 9.29 Å². The lowest BCUT2D eigenvalue weighted by Gasteiger charge is -2.33. The zero-order chi connectivity index (χ0) is 21.3. The summed E-state index contributed by atoms with van der Waals surface area (Å²) in [6, 6.07) is 16.0. The molecule has 2 unspecified atom stereocenters. The third-order valence-electron chi connectivity index (χ3n) is 5.21. The Labute approximate surface area is 172 Å². The monoisotopic (exact) mass is 406 g/mol. The average molecular weight is 406 g/mol. The van der Waals surface area contributed by atoms with E-state index in [1.165, 1.54) is 41.5 Å². The molecule has 6 nitrogen and oxygen atoms in total.